The molecule has 2 fully saturated rings. The molecule has 20 heavy (non-hydrogen) atoms. The highest BCUT2D eigenvalue weighted by molar-refractivity contribution is 7.99. The molecular formula is C13H23N3O3S. The second-order valence-electron chi connectivity index (χ2n) is 5.73. The molecule has 2 aliphatic rings. The highest BCUT2D eigenvalue weighted by atomic mass is 32.2. The molecular weight excluding hydrogens is 278 g/mol. The number of carboxylic acid groups (broad SMARTS) is 1. The van der Waals surface area contributed by atoms with Gasteiger partial charge in [-0.1, -0.05) is 0 Å². The summed E-state index contributed by atoms with van der Waals surface area (Å²) in [7, 11) is 3.90. The SMILES string of the molecule is CN1CCC(CN(C)C(=O)N2CSCC2C(=O)O)CC1. The maximum Gasteiger partial charge on any atom is 0.327 e. The van der Waals surface area contributed by atoms with E-state index in [1.165, 1.54) is 16.7 Å². The maximum absolute atomic E-state index is 12.4. The van der Waals surface area contributed by atoms with E-state index in [0.717, 1.165) is 32.5 Å². The molecule has 2 saturated heterocycles. The Morgan fingerprint density at radius 1 is 1.35 bits per heavy atom. The molecule has 1 atom stereocenters. The van der Waals surface area contributed by atoms with Crippen LogP contribution in [0.2, 0.25) is 0 Å². The lowest BCUT2D eigenvalue weighted by Gasteiger charge is -2.33. The fourth-order valence-electron chi connectivity index (χ4n) is 2.77. The smallest absolute Gasteiger partial charge is 0.327 e. The Kier molecular flexibility index (Phi) is 5.15. The van der Waals surface area contributed by atoms with Gasteiger partial charge in [0.2, 0.25) is 0 Å². The zero-order valence-corrected chi connectivity index (χ0v) is 12.9. The van der Waals surface area contributed by atoms with Gasteiger partial charge < -0.3 is 19.8 Å². The topological polar surface area (TPSA) is 64.1 Å². The molecule has 6 nitrogen and oxygen atoms in total. The second-order valence-corrected chi connectivity index (χ2v) is 6.73. The van der Waals surface area contributed by atoms with Crippen molar-refractivity contribution < 1.29 is 14.7 Å². The van der Waals surface area contributed by atoms with E-state index in [1.54, 1.807) is 11.9 Å². The summed E-state index contributed by atoms with van der Waals surface area (Å²) >= 11 is 1.50. The minimum atomic E-state index is -0.906. The van der Waals surface area contributed by atoms with Gasteiger partial charge in [0.05, 0.1) is 5.88 Å². The molecule has 0 bridgehead atoms. The summed E-state index contributed by atoms with van der Waals surface area (Å²) in [6.07, 6.45) is 2.20. The molecule has 0 saturated carbocycles. The maximum atomic E-state index is 12.4. The van der Waals surface area contributed by atoms with Crippen LogP contribution in [0, 0.1) is 5.92 Å². The van der Waals surface area contributed by atoms with Crippen LogP contribution in [0.15, 0.2) is 0 Å². The van der Waals surface area contributed by atoms with E-state index >= 15 is 0 Å². The zero-order valence-electron chi connectivity index (χ0n) is 12.1. The van der Waals surface area contributed by atoms with E-state index in [9.17, 15) is 9.59 Å². The molecule has 2 aliphatic heterocycles. The van der Waals surface area contributed by atoms with Crippen molar-refractivity contribution in [2.24, 2.45) is 5.92 Å². The minimum absolute atomic E-state index is 0.152. The first-order valence-corrected chi connectivity index (χ1v) is 8.15. The summed E-state index contributed by atoms with van der Waals surface area (Å²) < 4.78 is 0. The predicted molar refractivity (Wildman–Crippen MR) is 78.8 cm³/mol. The second kappa shape index (κ2) is 6.67. The molecule has 0 aliphatic carbocycles. The Hall–Kier alpha value is -0.950. The lowest BCUT2D eigenvalue weighted by molar-refractivity contribution is -0.140. The highest BCUT2D eigenvalue weighted by Gasteiger charge is 2.36. The van der Waals surface area contributed by atoms with E-state index in [1.807, 2.05) is 0 Å². The Bertz CT molecular complexity index is 372. The molecule has 0 aromatic carbocycles. The van der Waals surface area contributed by atoms with Crippen molar-refractivity contribution in [1.82, 2.24) is 14.7 Å². The molecule has 2 heterocycles. The van der Waals surface area contributed by atoms with Crippen molar-refractivity contribution in [3.63, 3.8) is 0 Å². The van der Waals surface area contributed by atoms with Crippen LogP contribution in [0.3, 0.4) is 0 Å². The van der Waals surface area contributed by atoms with E-state index in [0.29, 0.717) is 17.5 Å². The lowest BCUT2D eigenvalue weighted by Crippen LogP contribution is -2.49. The third-order valence-corrected chi connectivity index (χ3v) is 5.12. The quantitative estimate of drug-likeness (QED) is 0.837. The van der Waals surface area contributed by atoms with Crippen molar-refractivity contribution in [2.45, 2.75) is 18.9 Å². The van der Waals surface area contributed by atoms with Gasteiger partial charge in [0, 0.05) is 19.3 Å². The Morgan fingerprint density at radius 3 is 2.60 bits per heavy atom. The van der Waals surface area contributed by atoms with Gasteiger partial charge in [-0.3, -0.25) is 0 Å². The number of carboxylic acids is 1. The number of nitrogens with zero attached hydrogens (tertiary/aromatic N) is 3. The van der Waals surface area contributed by atoms with Crippen LogP contribution >= 0.6 is 11.8 Å². The first-order chi connectivity index (χ1) is 9.49. The molecule has 1 unspecified atom stereocenters. The molecule has 0 spiro atoms. The van der Waals surface area contributed by atoms with Gasteiger partial charge in [-0.15, -0.1) is 11.8 Å². The molecule has 2 amide bonds. The van der Waals surface area contributed by atoms with Gasteiger partial charge in [-0.25, -0.2) is 9.59 Å². The van der Waals surface area contributed by atoms with E-state index in [4.69, 9.17) is 5.11 Å². The third kappa shape index (κ3) is 3.58. The largest absolute Gasteiger partial charge is 0.480 e. The van der Waals surface area contributed by atoms with Crippen molar-refractivity contribution >= 4 is 23.8 Å². The van der Waals surface area contributed by atoms with Crippen LogP contribution < -0.4 is 0 Å². The summed E-state index contributed by atoms with van der Waals surface area (Å²) in [4.78, 5) is 29.0. The normalized spacial score (nSPS) is 24.9. The number of urea groups is 1. The van der Waals surface area contributed by atoms with Crippen LogP contribution in [0.5, 0.6) is 0 Å². The van der Waals surface area contributed by atoms with Gasteiger partial charge in [-0.2, -0.15) is 0 Å². The molecule has 2 rings (SSSR count). The number of carbonyl (C=O) groups is 2. The summed E-state index contributed by atoms with van der Waals surface area (Å²) in [6, 6.07) is -0.825. The number of hydrogen-bond acceptors (Lipinski definition) is 4. The fourth-order valence-corrected chi connectivity index (χ4v) is 3.90. The Morgan fingerprint density at radius 2 is 2.00 bits per heavy atom. The average Bonchev–Trinajstić information content (AvgIpc) is 2.90. The van der Waals surface area contributed by atoms with Crippen molar-refractivity contribution in [3.05, 3.63) is 0 Å². The van der Waals surface area contributed by atoms with E-state index < -0.39 is 12.0 Å². The van der Waals surface area contributed by atoms with Crippen molar-refractivity contribution in [2.75, 3.05) is 45.4 Å². The summed E-state index contributed by atoms with van der Waals surface area (Å²) in [6.45, 7) is 2.87. The van der Waals surface area contributed by atoms with Crippen LogP contribution in [-0.4, -0.2) is 83.2 Å². The standard InChI is InChI=1S/C13H23N3O3S/c1-14-5-3-10(4-6-14)7-15(2)13(19)16-9-20-8-11(16)12(17)18/h10-11H,3-9H2,1-2H3,(H,17,18). The summed E-state index contributed by atoms with van der Waals surface area (Å²) in [5.74, 6) is 0.589. The average molecular weight is 301 g/mol. The number of aliphatic carboxylic acids is 1. The van der Waals surface area contributed by atoms with Gasteiger partial charge in [0.25, 0.3) is 0 Å². The van der Waals surface area contributed by atoms with Gasteiger partial charge >= 0.3 is 12.0 Å². The van der Waals surface area contributed by atoms with Crippen LogP contribution in [0.4, 0.5) is 4.79 Å². The number of likely N-dealkylation sites (tertiary alicyclic amines) is 1. The van der Waals surface area contributed by atoms with Crippen molar-refractivity contribution in [1.29, 1.82) is 0 Å². The van der Waals surface area contributed by atoms with Gasteiger partial charge in [0.1, 0.15) is 6.04 Å². The zero-order chi connectivity index (χ0) is 14.7. The number of thioether (sulfide) groups is 1. The van der Waals surface area contributed by atoms with E-state index in [-0.39, 0.29) is 6.03 Å². The van der Waals surface area contributed by atoms with E-state index in [2.05, 4.69) is 11.9 Å². The molecule has 114 valence electrons. The fraction of sp³-hybridized carbons (Fsp3) is 0.846. The molecule has 7 heteroatoms. The van der Waals surface area contributed by atoms with Gasteiger partial charge in [0.15, 0.2) is 0 Å². The molecule has 0 aromatic rings. The Labute approximate surface area is 124 Å². The number of hydrogen-bond donors (Lipinski definition) is 1. The monoisotopic (exact) mass is 301 g/mol. The first-order valence-electron chi connectivity index (χ1n) is 7.00. The van der Waals surface area contributed by atoms with Crippen LogP contribution in [0.25, 0.3) is 0 Å². The molecule has 0 radical (unpaired) electrons. The third-order valence-electron chi connectivity index (χ3n) is 4.11. The molecule has 1 N–H and O–H groups in total. The molecule has 0 aromatic heterocycles. The van der Waals surface area contributed by atoms with Crippen LogP contribution in [0.1, 0.15) is 12.8 Å². The summed E-state index contributed by atoms with van der Waals surface area (Å²) in [5, 5.41) is 9.13. The number of rotatable bonds is 3. The van der Waals surface area contributed by atoms with Crippen molar-refractivity contribution in [3.8, 4) is 0 Å². The summed E-state index contributed by atoms with van der Waals surface area (Å²) in [5.41, 5.74) is 0. The van der Waals surface area contributed by atoms with Gasteiger partial charge in [-0.05, 0) is 38.9 Å². The number of amides is 2. The predicted octanol–water partition coefficient (Wildman–Crippen LogP) is 0.839. The Balaban J connectivity index is 1.87. The minimum Gasteiger partial charge on any atom is -0.480 e. The van der Waals surface area contributed by atoms with Crippen LogP contribution in [-0.2, 0) is 4.79 Å². The first kappa shape index (κ1) is 15.4. The number of piperidine rings is 1. The number of carbonyl (C=O) groups excluding carboxylic acids is 1. The highest BCUT2D eigenvalue weighted by Crippen LogP contribution is 2.23. The lowest BCUT2D eigenvalue weighted by atomic mass is 9.97.